The molecule has 1 aromatic carbocycles. The monoisotopic (exact) mass is 275 g/mol. The van der Waals surface area contributed by atoms with Crippen LogP contribution in [-0.4, -0.2) is 24.4 Å². The number of amides is 1. The lowest BCUT2D eigenvalue weighted by atomic mass is 10.0. The van der Waals surface area contributed by atoms with Crippen molar-refractivity contribution in [3.8, 4) is 0 Å². The normalized spacial score (nSPS) is 12.5. The molecule has 0 aromatic heterocycles. The highest BCUT2D eigenvalue weighted by Gasteiger charge is 2.12. The quantitative estimate of drug-likeness (QED) is 0.706. The van der Waals surface area contributed by atoms with Crippen LogP contribution in [0.5, 0.6) is 0 Å². The molecule has 1 unspecified atom stereocenters. The summed E-state index contributed by atoms with van der Waals surface area (Å²) in [5.74, 6) is 1.39. The van der Waals surface area contributed by atoms with Crippen molar-refractivity contribution in [1.82, 2.24) is 4.90 Å². The highest BCUT2D eigenvalue weighted by molar-refractivity contribution is 5.94. The number of carbonyl (C=O) groups is 1. The Bertz CT molecular complexity index is 408. The third kappa shape index (κ3) is 4.99. The summed E-state index contributed by atoms with van der Waals surface area (Å²) in [5, 5.41) is 0. The Balaban J connectivity index is 2.51. The van der Waals surface area contributed by atoms with E-state index in [4.69, 9.17) is 0 Å². The van der Waals surface area contributed by atoms with Crippen LogP contribution in [-0.2, 0) is 0 Å². The van der Waals surface area contributed by atoms with E-state index in [0.717, 1.165) is 24.4 Å². The molecule has 2 nitrogen and oxygen atoms in total. The molecular formula is C18H29NO. The minimum atomic E-state index is 0.129. The summed E-state index contributed by atoms with van der Waals surface area (Å²) in [6.45, 7) is 9.66. The van der Waals surface area contributed by atoms with Crippen LogP contribution in [0.1, 0.15) is 68.8 Å². The number of hydrogen-bond acceptors (Lipinski definition) is 1. The first-order valence-corrected chi connectivity index (χ1v) is 7.81. The lowest BCUT2D eigenvalue weighted by Crippen LogP contribution is -2.28. The zero-order chi connectivity index (χ0) is 15.1. The molecule has 0 saturated heterocycles. The van der Waals surface area contributed by atoms with Crippen LogP contribution in [0.3, 0.4) is 0 Å². The van der Waals surface area contributed by atoms with Gasteiger partial charge in [-0.3, -0.25) is 4.79 Å². The van der Waals surface area contributed by atoms with E-state index in [2.05, 4.69) is 39.8 Å². The molecule has 0 aliphatic rings. The zero-order valence-corrected chi connectivity index (χ0v) is 13.6. The van der Waals surface area contributed by atoms with E-state index >= 15 is 0 Å². The lowest BCUT2D eigenvalue weighted by Gasteiger charge is -2.18. The fraction of sp³-hybridized carbons (Fsp3) is 0.611. The van der Waals surface area contributed by atoms with E-state index in [1.165, 1.54) is 18.4 Å². The molecule has 1 rings (SSSR count). The maximum Gasteiger partial charge on any atom is 0.253 e. The van der Waals surface area contributed by atoms with E-state index in [1.54, 1.807) is 0 Å². The van der Waals surface area contributed by atoms with Crippen LogP contribution in [0, 0.1) is 5.92 Å². The van der Waals surface area contributed by atoms with Crippen LogP contribution in [0.4, 0.5) is 0 Å². The van der Waals surface area contributed by atoms with Crippen LogP contribution in [0.25, 0.3) is 0 Å². The second kappa shape index (κ2) is 8.08. The average molecular weight is 275 g/mol. The summed E-state index contributed by atoms with van der Waals surface area (Å²) in [5.41, 5.74) is 2.07. The van der Waals surface area contributed by atoms with Gasteiger partial charge in [-0.1, -0.05) is 46.2 Å². The third-order valence-electron chi connectivity index (χ3n) is 4.06. The lowest BCUT2D eigenvalue weighted by molar-refractivity contribution is 0.0791. The predicted octanol–water partition coefficient (Wildman–Crippen LogP) is 4.71. The van der Waals surface area contributed by atoms with E-state index in [1.807, 2.05) is 24.1 Å². The van der Waals surface area contributed by atoms with Gasteiger partial charge in [0.15, 0.2) is 0 Å². The minimum absolute atomic E-state index is 0.129. The van der Waals surface area contributed by atoms with Crippen molar-refractivity contribution in [2.45, 2.75) is 52.9 Å². The SMILES string of the molecule is CCC(C)CCCN(C)C(=O)c1ccc(C(C)C)cc1. The fourth-order valence-corrected chi connectivity index (χ4v) is 2.21. The molecule has 1 aromatic rings. The van der Waals surface area contributed by atoms with Crippen molar-refractivity contribution in [2.75, 3.05) is 13.6 Å². The fourth-order valence-electron chi connectivity index (χ4n) is 2.21. The van der Waals surface area contributed by atoms with Gasteiger partial charge in [-0.2, -0.15) is 0 Å². The third-order valence-corrected chi connectivity index (χ3v) is 4.06. The average Bonchev–Trinajstić information content (AvgIpc) is 2.46. The molecule has 0 N–H and O–H groups in total. The Morgan fingerprint density at radius 2 is 1.75 bits per heavy atom. The molecule has 0 bridgehead atoms. The van der Waals surface area contributed by atoms with Gasteiger partial charge in [-0.15, -0.1) is 0 Å². The summed E-state index contributed by atoms with van der Waals surface area (Å²) in [4.78, 5) is 14.1. The van der Waals surface area contributed by atoms with Crippen molar-refractivity contribution in [3.63, 3.8) is 0 Å². The summed E-state index contributed by atoms with van der Waals surface area (Å²) >= 11 is 0. The van der Waals surface area contributed by atoms with Gasteiger partial charge in [0, 0.05) is 19.2 Å². The molecule has 0 fully saturated rings. The van der Waals surface area contributed by atoms with Crippen LogP contribution in [0.15, 0.2) is 24.3 Å². The molecule has 0 heterocycles. The number of carbonyl (C=O) groups excluding carboxylic acids is 1. The van der Waals surface area contributed by atoms with Gasteiger partial charge in [0.1, 0.15) is 0 Å². The van der Waals surface area contributed by atoms with E-state index in [9.17, 15) is 4.79 Å². The number of nitrogens with zero attached hydrogens (tertiary/aromatic N) is 1. The summed E-state index contributed by atoms with van der Waals surface area (Å²) < 4.78 is 0. The largest absolute Gasteiger partial charge is 0.342 e. The van der Waals surface area contributed by atoms with E-state index in [0.29, 0.717) is 5.92 Å². The Kier molecular flexibility index (Phi) is 6.77. The van der Waals surface area contributed by atoms with Crippen LogP contribution >= 0.6 is 0 Å². The summed E-state index contributed by atoms with van der Waals surface area (Å²) in [7, 11) is 1.90. The van der Waals surface area contributed by atoms with Gasteiger partial charge in [-0.25, -0.2) is 0 Å². The zero-order valence-electron chi connectivity index (χ0n) is 13.6. The highest BCUT2D eigenvalue weighted by atomic mass is 16.2. The number of hydrogen-bond donors (Lipinski definition) is 0. The highest BCUT2D eigenvalue weighted by Crippen LogP contribution is 2.16. The van der Waals surface area contributed by atoms with Gasteiger partial charge < -0.3 is 4.90 Å². The first kappa shape index (κ1) is 16.7. The van der Waals surface area contributed by atoms with Gasteiger partial charge in [0.2, 0.25) is 0 Å². The van der Waals surface area contributed by atoms with Crippen LogP contribution < -0.4 is 0 Å². The van der Waals surface area contributed by atoms with Gasteiger partial charge >= 0.3 is 0 Å². The van der Waals surface area contributed by atoms with Crippen molar-refractivity contribution in [2.24, 2.45) is 5.92 Å². The van der Waals surface area contributed by atoms with E-state index < -0.39 is 0 Å². The first-order valence-electron chi connectivity index (χ1n) is 7.81. The van der Waals surface area contributed by atoms with Gasteiger partial charge in [0.05, 0.1) is 0 Å². The second-order valence-corrected chi connectivity index (χ2v) is 6.16. The van der Waals surface area contributed by atoms with Crippen molar-refractivity contribution >= 4 is 5.91 Å². The molecule has 112 valence electrons. The Hall–Kier alpha value is -1.31. The molecule has 0 saturated carbocycles. The Morgan fingerprint density at radius 1 is 1.15 bits per heavy atom. The first-order chi connectivity index (χ1) is 9.45. The summed E-state index contributed by atoms with van der Waals surface area (Å²) in [6.07, 6.45) is 3.50. The minimum Gasteiger partial charge on any atom is -0.342 e. The standard InChI is InChI=1S/C18H29NO/c1-6-15(4)8-7-13-19(5)18(20)17-11-9-16(10-12-17)14(2)3/h9-12,14-15H,6-8,13H2,1-5H3. The molecule has 0 spiro atoms. The Morgan fingerprint density at radius 3 is 2.25 bits per heavy atom. The van der Waals surface area contributed by atoms with Crippen LogP contribution in [0.2, 0.25) is 0 Å². The second-order valence-electron chi connectivity index (χ2n) is 6.16. The molecule has 1 amide bonds. The summed E-state index contributed by atoms with van der Waals surface area (Å²) in [6, 6.07) is 8.02. The molecule has 0 aliphatic carbocycles. The molecular weight excluding hydrogens is 246 g/mol. The Labute approximate surface area is 124 Å². The maximum atomic E-state index is 12.3. The molecule has 0 radical (unpaired) electrons. The van der Waals surface area contributed by atoms with Gasteiger partial charge in [-0.05, 0) is 42.4 Å². The van der Waals surface area contributed by atoms with Gasteiger partial charge in [0.25, 0.3) is 5.91 Å². The molecule has 1 atom stereocenters. The van der Waals surface area contributed by atoms with Crippen molar-refractivity contribution in [1.29, 1.82) is 0 Å². The van der Waals surface area contributed by atoms with Crippen molar-refractivity contribution in [3.05, 3.63) is 35.4 Å². The number of benzene rings is 1. The smallest absolute Gasteiger partial charge is 0.253 e. The maximum absolute atomic E-state index is 12.3. The molecule has 20 heavy (non-hydrogen) atoms. The molecule has 2 heteroatoms. The topological polar surface area (TPSA) is 20.3 Å². The van der Waals surface area contributed by atoms with E-state index in [-0.39, 0.29) is 5.91 Å². The number of rotatable bonds is 7. The van der Waals surface area contributed by atoms with Crippen molar-refractivity contribution < 1.29 is 4.79 Å². The molecule has 0 aliphatic heterocycles. The predicted molar refractivity (Wildman–Crippen MR) is 86.2 cm³/mol.